The van der Waals surface area contributed by atoms with E-state index < -0.39 is 15.6 Å². The predicted octanol–water partition coefficient (Wildman–Crippen LogP) is 1.79. The summed E-state index contributed by atoms with van der Waals surface area (Å²) in [6.45, 7) is 1.54. The van der Waals surface area contributed by atoms with Gasteiger partial charge in [-0.25, -0.2) is 8.42 Å². The molecule has 1 N–H and O–H groups in total. The van der Waals surface area contributed by atoms with Crippen molar-refractivity contribution in [2.75, 3.05) is 11.5 Å². The number of benzene rings is 1. The van der Waals surface area contributed by atoms with Gasteiger partial charge in [0.1, 0.15) is 5.75 Å². The standard InChI is InChI=1S/C12H13NO3S/c1-2-17(15,16)8-12(14)10-7-13-11-6-4-3-5-9(10)11/h3-7,13H,2,8H2,1H3. The molecule has 0 aliphatic rings. The smallest absolute Gasteiger partial charge is 0.180 e. The van der Waals surface area contributed by atoms with E-state index in [1.165, 1.54) is 6.92 Å². The lowest BCUT2D eigenvalue weighted by Crippen LogP contribution is -2.17. The van der Waals surface area contributed by atoms with Crippen molar-refractivity contribution in [1.29, 1.82) is 0 Å². The monoisotopic (exact) mass is 251 g/mol. The number of rotatable bonds is 4. The lowest BCUT2D eigenvalue weighted by Gasteiger charge is -1.99. The van der Waals surface area contributed by atoms with Crippen LogP contribution in [0.15, 0.2) is 30.5 Å². The fourth-order valence-corrected chi connectivity index (χ4v) is 2.44. The van der Waals surface area contributed by atoms with Crippen molar-refractivity contribution in [3.8, 4) is 0 Å². The molecule has 0 radical (unpaired) electrons. The number of para-hydroxylation sites is 1. The summed E-state index contributed by atoms with van der Waals surface area (Å²) in [5, 5.41) is 0.767. The summed E-state index contributed by atoms with van der Waals surface area (Å²) in [6.07, 6.45) is 1.57. The van der Waals surface area contributed by atoms with E-state index in [0.29, 0.717) is 5.56 Å². The van der Waals surface area contributed by atoms with Gasteiger partial charge in [-0.15, -0.1) is 0 Å². The lowest BCUT2D eigenvalue weighted by molar-refractivity contribution is 0.102. The molecule has 0 saturated carbocycles. The Morgan fingerprint density at radius 3 is 2.71 bits per heavy atom. The van der Waals surface area contributed by atoms with E-state index in [-0.39, 0.29) is 11.5 Å². The highest BCUT2D eigenvalue weighted by molar-refractivity contribution is 7.92. The van der Waals surface area contributed by atoms with E-state index in [0.717, 1.165) is 10.9 Å². The number of nitrogens with one attached hydrogen (secondary N) is 1. The molecule has 0 spiro atoms. The van der Waals surface area contributed by atoms with Crippen molar-refractivity contribution in [3.05, 3.63) is 36.0 Å². The summed E-state index contributed by atoms with van der Waals surface area (Å²) < 4.78 is 22.8. The molecule has 0 aliphatic heterocycles. The number of carbonyl (C=O) groups excluding carboxylic acids is 1. The number of carbonyl (C=O) groups is 1. The Kier molecular flexibility index (Phi) is 3.02. The molecule has 0 unspecified atom stereocenters. The Morgan fingerprint density at radius 1 is 1.29 bits per heavy atom. The van der Waals surface area contributed by atoms with E-state index in [1.54, 1.807) is 12.3 Å². The van der Waals surface area contributed by atoms with Crippen molar-refractivity contribution >= 4 is 26.5 Å². The molecule has 0 amide bonds. The molecule has 17 heavy (non-hydrogen) atoms. The number of aromatic nitrogens is 1. The molecule has 1 heterocycles. The Morgan fingerprint density at radius 2 is 2.00 bits per heavy atom. The number of aromatic amines is 1. The van der Waals surface area contributed by atoms with Gasteiger partial charge in [0.15, 0.2) is 15.6 Å². The number of hydrogen-bond acceptors (Lipinski definition) is 3. The van der Waals surface area contributed by atoms with Crippen LogP contribution < -0.4 is 0 Å². The summed E-state index contributed by atoms with van der Waals surface area (Å²) in [5.41, 5.74) is 1.28. The van der Waals surface area contributed by atoms with E-state index in [1.807, 2.05) is 18.2 Å². The van der Waals surface area contributed by atoms with Gasteiger partial charge in [-0.05, 0) is 6.07 Å². The molecule has 2 aromatic rings. The maximum atomic E-state index is 11.9. The number of Topliss-reactive ketones (excluding diaryl/α,β-unsaturated/α-hetero) is 1. The maximum Gasteiger partial charge on any atom is 0.180 e. The Hall–Kier alpha value is -1.62. The molecule has 2 rings (SSSR count). The highest BCUT2D eigenvalue weighted by Gasteiger charge is 2.18. The third-order valence-electron chi connectivity index (χ3n) is 2.68. The van der Waals surface area contributed by atoms with Crippen molar-refractivity contribution in [2.24, 2.45) is 0 Å². The first-order chi connectivity index (χ1) is 8.03. The predicted molar refractivity (Wildman–Crippen MR) is 67.0 cm³/mol. The second-order valence-corrected chi connectivity index (χ2v) is 6.20. The van der Waals surface area contributed by atoms with Crippen LogP contribution in [0, 0.1) is 0 Å². The molecule has 5 heteroatoms. The molecule has 90 valence electrons. The summed E-state index contributed by atoms with van der Waals surface area (Å²) in [4.78, 5) is 14.9. The minimum absolute atomic E-state index is 0.0128. The van der Waals surface area contributed by atoms with Crippen LogP contribution in [0.25, 0.3) is 10.9 Å². The number of H-pyrrole nitrogens is 1. The summed E-state index contributed by atoms with van der Waals surface area (Å²) in [5.74, 6) is -0.795. The molecule has 0 aliphatic carbocycles. The Labute approximate surface area is 99.6 Å². The number of ketones is 1. The zero-order valence-electron chi connectivity index (χ0n) is 9.43. The summed E-state index contributed by atoms with van der Waals surface area (Å²) >= 11 is 0. The fraction of sp³-hybridized carbons (Fsp3) is 0.250. The third-order valence-corrected chi connectivity index (χ3v) is 4.26. The van der Waals surface area contributed by atoms with Crippen molar-refractivity contribution in [3.63, 3.8) is 0 Å². The van der Waals surface area contributed by atoms with Gasteiger partial charge >= 0.3 is 0 Å². The molecule has 1 aromatic carbocycles. The summed E-state index contributed by atoms with van der Waals surface area (Å²) in [7, 11) is -3.28. The minimum atomic E-state index is -3.28. The molecular formula is C12H13NO3S. The zero-order chi connectivity index (χ0) is 12.5. The van der Waals surface area contributed by atoms with Gasteiger partial charge < -0.3 is 4.98 Å². The Balaban J connectivity index is 2.38. The van der Waals surface area contributed by atoms with Crippen molar-refractivity contribution < 1.29 is 13.2 Å². The number of fused-ring (bicyclic) bond motifs is 1. The van der Waals surface area contributed by atoms with E-state index in [2.05, 4.69) is 4.98 Å². The van der Waals surface area contributed by atoms with Crippen LogP contribution in [0.4, 0.5) is 0 Å². The molecule has 0 bridgehead atoms. The first-order valence-corrected chi connectivity index (χ1v) is 7.15. The van der Waals surface area contributed by atoms with Crippen LogP contribution in [-0.4, -0.2) is 30.7 Å². The fourth-order valence-electron chi connectivity index (χ4n) is 1.68. The average Bonchev–Trinajstić information content (AvgIpc) is 2.72. The summed E-state index contributed by atoms with van der Waals surface area (Å²) in [6, 6.07) is 7.33. The van der Waals surface area contributed by atoms with E-state index in [9.17, 15) is 13.2 Å². The van der Waals surface area contributed by atoms with Gasteiger partial charge in [0.2, 0.25) is 0 Å². The van der Waals surface area contributed by atoms with Crippen LogP contribution in [0.2, 0.25) is 0 Å². The first-order valence-electron chi connectivity index (χ1n) is 5.33. The van der Waals surface area contributed by atoms with Crippen LogP contribution in [0.3, 0.4) is 0 Å². The zero-order valence-corrected chi connectivity index (χ0v) is 10.3. The second-order valence-electron chi connectivity index (χ2n) is 3.85. The lowest BCUT2D eigenvalue weighted by atomic mass is 10.1. The average molecular weight is 251 g/mol. The van der Waals surface area contributed by atoms with Gasteiger partial charge in [-0.1, -0.05) is 25.1 Å². The van der Waals surface area contributed by atoms with E-state index >= 15 is 0 Å². The SMILES string of the molecule is CCS(=O)(=O)CC(=O)c1c[nH]c2ccccc12. The molecule has 0 saturated heterocycles. The van der Waals surface area contributed by atoms with E-state index in [4.69, 9.17) is 0 Å². The second kappa shape index (κ2) is 4.33. The van der Waals surface area contributed by atoms with Gasteiger partial charge in [0, 0.05) is 28.4 Å². The highest BCUT2D eigenvalue weighted by Crippen LogP contribution is 2.18. The van der Waals surface area contributed by atoms with Gasteiger partial charge in [-0.3, -0.25) is 4.79 Å². The molecular weight excluding hydrogens is 238 g/mol. The molecule has 4 nitrogen and oxygen atoms in total. The number of hydrogen-bond donors (Lipinski definition) is 1. The van der Waals surface area contributed by atoms with Crippen LogP contribution in [0.5, 0.6) is 0 Å². The van der Waals surface area contributed by atoms with Crippen molar-refractivity contribution in [2.45, 2.75) is 6.92 Å². The van der Waals surface area contributed by atoms with Gasteiger partial charge in [0.25, 0.3) is 0 Å². The quantitative estimate of drug-likeness (QED) is 0.842. The van der Waals surface area contributed by atoms with Gasteiger partial charge in [0.05, 0.1) is 0 Å². The molecule has 1 aromatic heterocycles. The molecule has 0 atom stereocenters. The highest BCUT2D eigenvalue weighted by atomic mass is 32.2. The minimum Gasteiger partial charge on any atom is -0.360 e. The normalized spacial score (nSPS) is 11.8. The van der Waals surface area contributed by atoms with Crippen molar-refractivity contribution in [1.82, 2.24) is 4.98 Å². The number of sulfone groups is 1. The van der Waals surface area contributed by atoms with Gasteiger partial charge in [-0.2, -0.15) is 0 Å². The first kappa shape index (κ1) is 11.9. The Bertz CT molecular complexity index is 655. The molecule has 0 fully saturated rings. The van der Waals surface area contributed by atoms with Crippen LogP contribution in [0.1, 0.15) is 17.3 Å². The van der Waals surface area contributed by atoms with Crippen LogP contribution in [-0.2, 0) is 9.84 Å². The van der Waals surface area contributed by atoms with Crippen LogP contribution >= 0.6 is 0 Å². The third kappa shape index (κ3) is 2.39. The maximum absolute atomic E-state index is 11.9. The topological polar surface area (TPSA) is 67.0 Å². The largest absolute Gasteiger partial charge is 0.360 e.